The lowest BCUT2D eigenvalue weighted by Gasteiger charge is -2.22. The van der Waals surface area contributed by atoms with Gasteiger partial charge in [0.05, 0.1) is 22.6 Å². The summed E-state index contributed by atoms with van der Waals surface area (Å²) in [5.74, 6) is 0.745. The molecule has 6 heteroatoms. The lowest BCUT2D eigenvalue weighted by molar-refractivity contribution is -0.347. The highest BCUT2D eigenvalue weighted by Gasteiger charge is 2.30. The summed E-state index contributed by atoms with van der Waals surface area (Å²) in [7, 11) is -3.68. The minimum Gasteiger partial charge on any atom is -0.494 e. The molecule has 1 N–H and O–H groups in total. The first-order chi connectivity index (χ1) is 13.9. The zero-order valence-corrected chi connectivity index (χ0v) is 18.0. The molecule has 0 aliphatic carbocycles. The Morgan fingerprint density at radius 3 is 2.48 bits per heavy atom. The van der Waals surface area contributed by atoms with Gasteiger partial charge in [0, 0.05) is 19.2 Å². The third-order valence-corrected chi connectivity index (χ3v) is 7.41. The van der Waals surface area contributed by atoms with Crippen molar-refractivity contribution in [1.29, 1.82) is 0 Å². The molecule has 1 fully saturated rings. The van der Waals surface area contributed by atoms with Gasteiger partial charge in [-0.1, -0.05) is 6.07 Å². The van der Waals surface area contributed by atoms with Gasteiger partial charge < -0.3 is 9.64 Å². The third-order valence-electron chi connectivity index (χ3n) is 5.65. The van der Waals surface area contributed by atoms with Gasteiger partial charge in [-0.15, -0.1) is 0 Å². The highest BCUT2D eigenvalue weighted by atomic mass is 32.2. The fourth-order valence-electron chi connectivity index (χ4n) is 3.93. The first-order valence-corrected chi connectivity index (χ1v) is 11.6. The van der Waals surface area contributed by atoms with Crippen LogP contribution in [0.15, 0.2) is 52.4 Å². The molecule has 29 heavy (non-hydrogen) atoms. The predicted molar refractivity (Wildman–Crippen MR) is 114 cm³/mol. The number of benzene rings is 2. The molecule has 1 aliphatic rings. The summed E-state index contributed by atoms with van der Waals surface area (Å²) < 4.78 is 33.0. The van der Waals surface area contributed by atoms with E-state index < -0.39 is 9.84 Å². The average molecular weight is 412 g/mol. The molecule has 5 nitrogen and oxygen atoms in total. The molecule has 0 atom stereocenters. The van der Waals surface area contributed by atoms with Crippen LogP contribution in [0.3, 0.4) is 0 Å². The van der Waals surface area contributed by atoms with Crippen molar-refractivity contribution in [3.63, 3.8) is 0 Å². The Labute approximate surface area is 172 Å². The van der Waals surface area contributed by atoms with Crippen molar-refractivity contribution < 1.29 is 18.1 Å². The quantitative estimate of drug-likeness (QED) is 0.634. The van der Waals surface area contributed by atoms with E-state index in [0.717, 1.165) is 59.4 Å². The number of aromatic nitrogens is 1. The monoisotopic (exact) mass is 411 g/mol. The van der Waals surface area contributed by atoms with E-state index in [1.807, 2.05) is 45.0 Å². The van der Waals surface area contributed by atoms with Gasteiger partial charge >= 0.3 is 0 Å². The van der Waals surface area contributed by atoms with Gasteiger partial charge in [-0.05, 0) is 69.0 Å². The van der Waals surface area contributed by atoms with E-state index >= 15 is 0 Å². The fourth-order valence-corrected chi connectivity index (χ4v) is 5.47. The molecule has 152 valence electrons. The van der Waals surface area contributed by atoms with E-state index in [0.29, 0.717) is 16.4 Å². The first kappa shape index (κ1) is 19.7. The topological polar surface area (TPSA) is 60.8 Å². The minimum absolute atomic E-state index is 0.323. The lowest BCUT2D eigenvalue weighted by atomic mass is 10.1. The summed E-state index contributed by atoms with van der Waals surface area (Å²) in [4.78, 5) is 6.04. The molecule has 0 radical (unpaired) electrons. The number of sulfone groups is 1. The predicted octanol–water partition coefficient (Wildman–Crippen LogP) is 4.10. The number of aryl methyl sites for hydroxylation is 2. The van der Waals surface area contributed by atoms with Gasteiger partial charge in [0.2, 0.25) is 15.4 Å². The average Bonchev–Trinajstić information content (AvgIpc) is 3.23. The summed E-state index contributed by atoms with van der Waals surface area (Å²) in [6, 6.07) is 11.1. The molecule has 1 saturated heterocycles. The summed E-state index contributed by atoms with van der Waals surface area (Å²) in [6.07, 6.45) is 3.77. The molecule has 1 aliphatic heterocycles. The van der Waals surface area contributed by atoms with E-state index in [-0.39, 0.29) is 0 Å². The molecule has 2 heterocycles. The molecule has 4 rings (SSSR count). The van der Waals surface area contributed by atoms with Crippen molar-refractivity contribution in [2.24, 2.45) is 0 Å². The Balaban J connectivity index is 1.97. The molecular weight excluding hydrogens is 384 g/mol. The maximum Gasteiger partial charge on any atom is 0.214 e. The van der Waals surface area contributed by atoms with Crippen LogP contribution in [-0.4, -0.2) is 28.1 Å². The van der Waals surface area contributed by atoms with Crippen molar-refractivity contribution >= 4 is 26.4 Å². The second-order valence-electron chi connectivity index (χ2n) is 7.59. The number of H-pyrrole nitrogens is 1. The van der Waals surface area contributed by atoms with Crippen molar-refractivity contribution in [1.82, 2.24) is 0 Å². The highest BCUT2D eigenvalue weighted by Crippen LogP contribution is 2.37. The van der Waals surface area contributed by atoms with Crippen LogP contribution >= 0.6 is 0 Å². The van der Waals surface area contributed by atoms with Crippen LogP contribution in [-0.2, 0) is 9.84 Å². The van der Waals surface area contributed by atoms with Gasteiger partial charge in [-0.3, -0.25) is 0 Å². The number of aromatic amines is 1. The Hall–Kier alpha value is -2.60. The lowest BCUT2D eigenvalue weighted by Crippen LogP contribution is -2.23. The number of hydrogen-bond donors (Lipinski definition) is 0. The molecule has 0 bridgehead atoms. The van der Waals surface area contributed by atoms with E-state index in [1.165, 1.54) is 0 Å². The number of pyridine rings is 1. The molecule has 0 amide bonds. The van der Waals surface area contributed by atoms with E-state index in [4.69, 9.17) is 4.74 Å². The van der Waals surface area contributed by atoms with Crippen LogP contribution < -0.4 is 14.6 Å². The third kappa shape index (κ3) is 3.57. The van der Waals surface area contributed by atoms with Gasteiger partial charge in [-0.2, -0.15) is 0 Å². The van der Waals surface area contributed by atoms with E-state index in [1.54, 1.807) is 18.3 Å². The van der Waals surface area contributed by atoms with Crippen LogP contribution in [0.25, 0.3) is 10.9 Å². The normalized spacial score (nSPS) is 14.5. The Kier molecular flexibility index (Phi) is 5.21. The zero-order chi connectivity index (χ0) is 20.6. The van der Waals surface area contributed by atoms with Crippen molar-refractivity contribution in [2.45, 2.75) is 43.4 Å². The largest absolute Gasteiger partial charge is 0.494 e. The van der Waals surface area contributed by atoms with Crippen molar-refractivity contribution in [3.05, 3.63) is 53.7 Å². The molecular formula is C23H27N2O3S+. The molecule has 0 saturated carbocycles. The van der Waals surface area contributed by atoms with Crippen LogP contribution in [0.5, 0.6) is 5.75 Å². The Bertz CT molecular complexity index is 1170. The molecule has 2 aromatic carbocycles. The van der Waals surface area contributed by atoms with Gasteiger partial charge in [-0.25, -0.2) is 13.4 Å². The minimum atomic E-state index is -3.68. The van der Waals surface area contributed by atoms with Crippen LogP contribution in [0, 0.1) is 13.8 Å². The molecule has 1 aromatic heterocycles. The number of ether oxygens (including phenoxy) is 1. The smallest absolute Gasteiger partial charge is 0.214 e. The summed E-state index contributed by atoms with van der Waals surface area (Å²) in [5.41, 5.74) is 3.72. The number of nitrogens with one attached hydrogen (secondary N) is 1. The zero-order valence-electron chi connectivity index (χ0n) is 17.2. The maximum atomic E-state index is 13.7. The van der Waals surface area contributed by atoms with Crippen molar-refractivity contribution in [2.75, 3.05) is 24.6 Å². The number of nitrogens with zero attached hydrogens (tertiary/aromatic N) is 1. The number of rotatable bonds is 5. The van der Waals surface area contributed by atoms with Crippen LogP contribution in [0.2, 0.25) is 0 Å². The maximum absolute atomic E-state index is 13.7. The fraction of sp³-hybridized carbons (Fsp3) is 0.348. The highest BCUT2D eigenvalue weighted by molar-refractivity contribution is 7.91. The summed E-state index contributed by atoms with van der Waals surface area (Å²) in [6.45, 7) is 8.14. The van der Waals surface area contributed by atoms with Crippen LogP contribution in [0.1, 0.15) is 30.9 Å². The van der Waals surface area contributed by atoms with E-state index in [2.05, 4.69) is 9.88 Å². The molecule has 0 unspecified atom stereocenters. The molecule has 0 spiro atoms. The summed E-state index contributed by atoms with van der Waals surface area (Å²) >= 11 is 0. The van der Waals surface area contributed by atoms with Gasteiger partial charge in [0.1, 0.15) is 5.75 Å². The first-order valence-electron chi connectivity index (χ1n) is 10.1. The number of fused-ring (bicyclic) bond motifs is 1. The van der Waals surface area contributed by atoms with E-state index in [9.17, 15) is 8.42 Å². The second kappa shape index (κ2) is 7.67. The second-order valence-corrected chi connectivity index (χ2v) is 9.50. The SMILES string of the molecule is CCOc1ccc2[nH+]cc(S(=O)(=O)c3ccc(C)c(C)c3)c(N3CCCC3)c2c1. The Morgan fingerprint density at radius 1 is 1.03 bits per heavy atom. The van der Waals surface area contributed by atoms with Crippen molar-refractivity contribution in [3.8, 4) is 5.75 Å². The number of anilines is 1. The van der Waals surface area contributed by atoms with Gasteiger partial charge in [0.15, 0.2) is 11.1 Å². The van der Waals surface area contributed by atoms with Gasteiger partial charge in [0.25, 0.3) is 0 Å². The Morgan fingerprint density at radius 2 is 1.79 bits per heavy atom. The summed E-state index contributed by atoms with van der Waals surface area (Å²) in [5, 5.41) is 0.878. The number of hydrogen-bond acceptors (Lipinski definition) is 4. The standard InChI is InChI=1S/C23H26N2O3S/c1-4-28-18-8-10-21-20(14-18)23(25-11-5-6-12-25)22(15-24-21)29(26,27)19-9-7-16(2)17(3)13-19/h7-10,13-15H,4-6,11-12H2,1-3H3/p+1. The van der Waals surface area contributed by atoms with Crippen LogP contribution in [0.4, 0.5) is 5.69 Å². The molecule has 3 aromatic rings.